The van der Waals surface area contributed by atoms with Crippen LogP contribution in [0.25, 0.3) is 0 Å². The van der Waals surface area contributed by atoms with Gasteiger partial charge in [-0.3, -0.25) is 4.79 Å². The van der Waals surface area contributed by atoms with Crippen molar-refractivity contribution in [3.8, 4) is 0 Å². The van der Waals surface area contributed by atoms with E-state index in [0.29, 0.717) is 23.7 Å². The van der Waals surface area contributed by atoms with Gasteiger partial charge in [0.1, 0.15) is 0 Å². The first-order valence-electron chi connectivity index (χ1n) is 5.34. The molecule has 0 N–H and O–H groups in total. The third kappa shape index (κ3) is 3.86. The molecule has 0 fully saturated rings. The highest BCUT2D eigenvalue weighted by Crippen LogP contribution is 2.22. The SMILES string of the molecule is C=C(C)CN(CC)C(=O)c1cc(Br)ccc1Cl. The molecule has 0 heterocycles. The zero-order chi connectivity index (χ0) is 13.0. The van der Waals surface area contributed by atoms with Crippen molar-refractivity contribution < 1.29 is 4.79 Å². The third-order valence-electron chi connectivity index (χ3n) is 2.29. The maximum absolute atomic E-state index is 12.3. The number of halogens is 2. The lowest BCUT2D eigenvalue weighted by atomic mass is 10.2. The Balaban J connectivity index is 3.01. The summed E-state index contributed by atoms with van der Waals surface area (Å²) in [6.45, 7) is 8.85. The van der Waals surface area contributed by atoms with E-state index < -0.39 is 0 Å². The van der Waals surface area contributed by atoms with Gasteiger partial charge < -0.3 is 4.90 Å². The summed E-state index contributed by atoms with van der Waals surface area (Å²) < 4.78 is 0.844. The molecule has 0 atom stereocenters. The van der Waals surface area contributed by atoms with Crippen LogP contribution in [0, 0.1) is 0 Å². The second kappa shape index (κ2) is 6.22. The molecule has 4 heteroatoms. The zero-order valence-electron chi connectivity index (χ0n) is 9.96. The molecular formula is C13H15BrClNO. The van der Waals surface area contributed by atoms with E-state index in [1.165, 1.54) is 0 Å². The average Bonchev–Trinajstić information content (AvgIpc) is 2.28. The van der Waals surface area contributed by atoms with Crippen molar-refractivity contribution in [2.45, 2.75) is 13.8 Å². The number of benzene rings is 1. The molecule has 1 aromatic rings. The van der Waals surface area contributed by atoms with Crippen LogP contribution in [-0.4, -0.2) is 23.9 Å². The molecule has 1 amide bonds. The van der Waals surface area contributed by atoms with Crippen LogP contribution in [-0.2, 0) is 0 Å². The van der Waals surface area contributed by atoms with Crippen molar-refractivity contribution in [3.63, 3.8) is 0 Å². The van der Waals surface area contributed by atoms with Crippen LogP contribution in [0.15, 0.2) is 34.8 Å². The molecule has 0 aliphatic rings. The Morgan fingerprint density at radius 2 is 2.18 bits per heavy atom. The fraction of sp³-hybridized carbons (Fsp3) is 0.308. The zero-order valence-corrected chi connectivity index (χ0v) is 12.3. The number of nitrogens with zero attached hydrogens (tertiary/aromatic N) is 1. The Morgan fingerprint density at radius 1 is 1.53 bits per heavy atom. The van der Waals surface area contributed by atoms with Gasteiger partial charge in [0.2, 0.25) is 0 Å². The van der Waals surface area contributed by atoms with Crippen LogP contribution >= 0.6 is 27.5 Å². The maximum atomic E-state index is 12.3. The number of amides is 1. The second-order valence-corrected chi connectivity index (χ2v) is 5.22. The van der Waals surface area contributed by atoms with Gasteiger partial charge in [-0.2, -0.15) is 0 Å². The van der Waals surface area contributed by atoms with Crippen molar-refractivity contribution >= 4 is 33.4 Å². The lowest BCUT2D eigenvalue weighted by molar-refractivity contribution is 0.0778. The maximum Gasteiger partial charge on any atom is 0.255 e. The van der Waals surface area contributed by atoms with Crippen LogP contribution < -0.4 is 0 Å². The van der Waals surface area contributed by atoms with Crippen molar-refractivity contribution in [2.75, 3.05) is 13.1 Å². The molecule has 0 radical (unpaired) electrons. The monoisotopic (exact) mass is 315 g/mol. The molecule has 1 aromatic carbocycles. The fourth-order valence-electron chi connectivity index (χ4n) is 1.48. The summed E-state index contributed by atoms with van der Waals surface area (Å²) in [6, 6.07) is 5.27. The molecule has 0 saturated carbocycles. The highest BCUT2D eigenvalue weighted by molar-refractivity contribution is 9.10. The van der Waals surface area contributed by atoms with Crippen LogP contribution in [0.5, 0.6) is 0 Å². The van der Waals surface area contributed by atoms with Crippen LogP contribution in [0.3, 0.4) is 0 Å². The van der Waals surface area contributed by atoms with E-state index in [4.69, 9.17) is 11.6 Å². The first kappa shape index (κ1) is 14.3. The highest BCUT2D eigenvalue weighted by atomic mass is 79.9. The minimum absolute atomic E-state index is 0.0678. The predicted molar refractivity (Wildman–Crippen MR) is 75.5 cm³/mol. The molecule has 0 saturated heterocycles. The minimum Gasteiger partial charge on any atom is -0.335 e. The Hall–Kier alpha value is -0.800. The van der Waals surface area contributed by atoms with E-state index in [9.17, 15) is 4.79 Å². The number of hydrogen-bond donors (Lipinski definition) is 0. The van der Waals surface area contributed by atoms with Crippen LogP contribution in [0.4, 0.5) is 0 Å². The van der Waals surface area contributed by atoms with Crippen molar-refractivity contribution in [2.24, 2.45) is 0 Å². The Labute approximate surface area is 115 Å². The van der Waals surface area contributed by atoms with Gasteiger partial charge >= 0.3 is 0 Å². The molecule has 1 rings (SSSR count). The minimum atomic E-state index is -0.0678. The average molecular weight is 317 g/mol. The van der Waals surface area contributed by atoms with Gasteiger partial charge in [0.05, 0.1) is 10.6 Å². The first-order valence-corrected chi connectivity index (χ1v) is 6.51. The number of carbonyl (C=O) groups excluding carboxylic acids is 1. The fourth-order valence-corrected chi connectivity index (χ4v) is 2.04. The summed E-state index contributed by atoms with van der Waals surface area (Å²) in [4.78, 5) is 14.0. The van der Waals surface area contributed by atoms with Crippen molar-refractivity contribution in [1.82, 2.24) is 4.90 Å². The summed E-state index contributed by atoms with van der Waals surface area (Å²) in [6.07, 6.45) is 0. The van der Waals surface area contributed by atoms with E-state index in [1.54, 1.807) is 17.0 Å². The molecule has 0 aliphatic heterocycles. The van der Waals surface area contributed by atoms with Crippen molar-refractivity contribution in [1.29, 1.82) is 0 Å². The molecule has 0 aliphatic carbocycles. The van der Waals surface area contributed by atoms with E-state index >= 15 is 0 Å². The lowest BCUT2D eigenvalue weighted by Gasteiger charge is -2.21. The number of hydrogen-bond acceptors (Lipinski definition) is 1. The van der Waals surface area contributed by atoms with Gasteiger partial charge in [-0.05, 0) is 32.0 Å². The number of rotatable bonds is 4. The number of likely N-dealkylation sites (N-methyl/N-ethyl adjacent to an activating group) is 1. The Kier molecular flexibility index (Phi) is 5.22. The van der Waals surface area contributed by atoms with Gasteiger partial charge in [-0.25, -0.2) is 0 Å². The molecule has 0 bridgehead atoms. The van der Waals surface area contributed by atoms with E-state index in [2.05, 4.69) is 22.5 Å². The topological polar surface area (TPSA) is 20.3 Å². The van der Waals surface area contributed by atoms with Gasteiger partial charge in [-0.1, -0.05) is 39.7 Å². The highest BCUT2D eigenvalue weighted by Gasteiger charge is 2.17. The lowest BCUT2D eigenvalue weighted by Crippen LogP contribution is -2.32. The van der Waals surface area contributed by atoms with Gasteiger partial charge in [-0.15, -0.1) is 0 Å². The van der Waals surface area contributed by atoms with E-state index in [-0.39, 0.29) is 5.91 Å². The smallest absolute Gasteiger partial charge is 0.255 e. The van der Waals surface area contributed by atoms with Gasteiger partial charge in [0.25, 0.3) is 5.91 Å². The quantitative estimate of drug-likeness (QED) is 0.765. The summed E-state index contributed by atoms with van der Waals surface area (Å²) in [5.74, 6) is -0.0678. The molecule has 0 spiro atoms. The first-order chi connectivity index (χ1) is 7.95. The molecule has 2 nitrogen and oxygen atoms in total. The molecular weight excluding hydrogens is 302 g/mol. The van der Waals surface area contributed by atoms with E-state index in [0.717, 1.165) is 10.0 Å². The molecule has 0 unspecified atom stereocenters. The second-order valence-electron chi connectivity index (χ2n) is 3.90. The standard InChI is InChI=1S/C13H15BrClNO/c1-4-16(8-9(2)3)13(17)11-7-10(14)5-6-12(11)15/h5-7H,2,4,8H2,1,3H3. The molecule has 17 heavy (non-hydrogen) atoms. The predicted octanol–water partition coefficient (Wildman–Crippen LogP) is 4.14. The normalized spacial score (nSPS) is 10.1. The van der Waals surface area contributed by atoms with Crippen LogP contribution in [0.1, 0.15) is 24.2 Å². The van der Waals surface area contributed by atoms with Gasteiger partial charge in [0.15, 0.2) is 0 Å². The Morgan fingerprint density at radius 3 is 2.71 bits per heavy atom. The summed E-state index contributed by atoms with van der Waals surface area (Å²) >= 11 is 9.38. The third-order valence-corrected chi connectivity index (χ3v) is 3.11. The van der Waals surface area contributed by atoms with Gasteiger partial charge in [0, 0.05) is 17.6 Å². The van der Waals surface area contributed by atoms with Crippen molar-refractivity contribution in [3.05, 3.63) is 45.4 Å². The number of carbonyl (C=O) groups is 1. The van der Waals surface area contributed by atoms with Crippen LogP contribution in [0.2, 0.25) is 5.02 Å². The molecule has 92 valence electrons. The Bertz CT molecular complexity index is 445. The summed E-state index contributed by atoms with van der Waals surface area (Å²) in [7, 11) is 0. The summed E-state index contributed by atoms with van der Waals surface area (Å²) in [5, 5.41) is 0.471. The molecule has 0 aromatic heterocycles. The largest absolute Gasteiger partial charge is 0.335 e. The van der Waals surface area contributed by atoms with E-state index in [1.807, 2.05) is 19.9 Å². The summed E-state index contributed by atoms with van der Waals surface area (Å²) in [5.41, 5.74) is 1.47.